The molecule has 5 rings (SSSR count). The molecule has 1 aromatic carbocycles. The lowest BCUT2D eigenvalue weighted by Crippen LogP contribution is -2.55. The van der Waals surface area contributed by atoms with E-state index in [1.807, 2.05) is 30.3 Å². The predicted octanol–water partition coefficient (Wildman–Crippen LogP) is 8.22. The molecule has 1 aromatic rings. The van der Waals surface area contributed by atoms with E-state index in [4.69, 9.17) is 4.74 Å². The number of ether oxygens (including phenoxy) is 1. The number of fused-ring (bicyclic) bond motifs is 5. The highest BCUT2D eigenvalue weighted by atomic mass is 16.5. The molecular weight excluding hydrogens is 456 g/mol. The van der Waals surface area contributed by atoms with Crippen molar-refractivity contribution in [2.24, 2.45) is 46.3 Å². The summed E-state index contributed by atoms with van der Waals surface area (Å²) in [5.74, 6) is 3.70. The van der Waals surface area contributed by atoms with Gasteiger partial charge in [-0.05, 0) is 97.0 Å². The fraction of sp³-hybridized carbons (Fsp3) is 0.735. The van der Waals surface area contributed by atoms with Gasteiger partial charge in [-0.25, -0.2) is 4.79 Å². The van der Waals surface area contributed by atoms with Gasteiger partial charge in [0.1, 0.15) is 6.10 Å². The van der Waals surface area contributed by atoms with Crippen LogP contribution in [-0.4, -0.2) is 23.3 Å². The summed E-state index contributed by atoms with van der Waals surface area (Å²) in [6, 6.07) is 9.32. The summed E-state index contributed by atoms with van der Waals surface area (Å²) in [7, 11) is 0. The average molecular weight is 507 g/mol. The van der Waals surface area contributed by atoms with Crippen LogP contribution in [0.15, 0.2) is 42.0 Å². The lowest BCUT2D eigenvalue weighted by molar-refractivity contribution is -0.0978. The number of aliphatic hydroxyl groups excluding tert-OH is 1. The Bertz CT molecular complexity index is 982. The smallest absolute Gasteiger partial charge is 0.338 e. The van der Waals surface area contributed by atoms with Gasteiger partial charge in [0.25, 0.3) is 0 Å². The zero-order valence-electron chi connectivity index (χ0n) is 23.9. The van der Waals surface area contributed by atoms with Crippen LogP contribution in [0.5, 0.6) is 0 Å². The first-order valence-electron chi connectivity index (χ1n) is 15.3. The lowest BCUT2D eigenvalue weighted by Gasteiger charge is -2.59. The normalized spacial score (nSPS) is 39.8. The van der Waals surface area contributed by atoms with E-state index < -0.39 is 0 Å². The topological polar surface area (TPSA) is 46.5 Å². The Kier molecular flexibility index (Phi) is 7.66. The van der Waals surface area contributed by atoms with Crippen LogP contribution in [0.2, 0.25) is 0 Å². The maximum atomic E-state index is 12.7. The van der Waals surface area contributed by atoms with E-state index >= 15 is 0 Å². The number of carbonyl (C=O) groups excluding carboxylic acids is 1. The van der Waals surface area contributed by atoms with Gasteiger partial charge in [-0.15, -0.1) is 0 Å². The summed E-state index contributed by atoms with van der Waals surface area (Å²) < 4.78 is 5.95. The van der Waals surface area contributed by atoms with Crippen LogP contribution >= 0.6 is 0 Å². The van der Waals surface area contributed by atoms with Crippen LogP contribution < -0.4 is 0 Å². The van der Waals surface area contributed by atoms with Crippen molar-refractivity contribution in [3.05, 3.63) is 47.5 Å². The van der Waals surface area contributed by atoms with Gasteiger partial charge in [-0.1, -0.05) is 83.7 Å². The number of carbonyl (C=O) groups is 1. The summed E-state index contributed by atoms with van der Waals surface area (Å²) in [5.41, 5.74) is 2.46. The number of hydrogen-bond donors (Lipinski definition) is 1. The maximum Gasteiger partial charge on any atom is 0.338 e. The Morgan fingerprint density at radius 2 is 1.76 bits per heavy atom. The molecule has 0 aromatic heterocycles. The van der Waals surface area contributed by atoms with Gasteiger partial charge in [0.05, 0.1) is 11.7 Å². The monoisotopic (exact) mass is 506 g/mol. The standard InChI is InChI=1S/C34H50O3/c1-22(2)10-9-11-23(3)27-14-15-28-31-29(17-19-34(27,28)5)33(4)18-16-26(20-25(33)21-30(31)35)37-32(36)24-12-7-6-8-13-24/h6-8,12-13,21-23,26-31,35H,9-11,14-20H2,1-5H3/t23-,26+,27-,28+,29+,30-,31+,33+,34-/m1/s1. The lowest BCUT2D eigenvalue weighted by atomic mass is 9.46. The molecule has 0 saturated heterocycles. The largest absolute Gasteiger partial charge is 0.458 e. The van der Waals surface area contributed by atoms with Gasteiger partial charge in [-0.2, -0.15) is 0 Å². The maximum absolute atomic E-state index is 12.7. The first-order chi connectivity index (χ1) is 17.6. The predicted molar refractivity (Wildman–Crippen MR) is 150 cm³/mol. The summed E-state index contributed by atoms with van der Waals surface area (Å²) in [5, 5.41) is 11.6. The zero-order valence-corrected chi connectivity index (χ0v) is 23.9. The second kappa shape index (κ2) is 10.5. The van der Waals surface area contributed by atoms with Crippen LogP contribution in [-0.2, 0) is 4.74 Å². The summed E-state index contributed by atoms with van der Waals surface area (Å²) >= 11 is 0. The van der Waals surface area contributed by atoms with Crippen molar-refractivity contribution in [3.63, 3.8) is 0 Å². The van der Waals surface area contributed by atoms with Gasteiger partial charge < -0.3 is 9.84 Å². The summed E-state index contributed by atoms with van der Waals surface area (Å²) in [6.07, 6.45) is 13.7. The minimum absolute atomic E-state index is 0.0906. The van der Waals surface area contributed by atoms with Gasteiger partial charge in [0.15, 0.2) is 0 Å². The molecule has 0 spiro atoms. The highest BCUT2D eigenvalue weighted by molar-refractivity contribution is 5.89. The summed E-state index contributed by atoms with van der Waals surface area (Å²) in [4.78, 5) is 12.7. The minimum atomic E-state index is -0.365. The molecule has 4 aliphatic carbocycles. The molecule has 3 heteroatoms. The van der Waals surface area contributed by atoms with E-state index in [-0.39, 0.29) is 23.6 Å². The number of hydrogen-bond acceptors (Lipinski definition) is 3. The SMILES string of the molecule is CC(C)CCC[C@@H](C)[C@H]1CC[C@H]2[C@@H]3[C@H](O)C=C4C[C@@H](OC(=O)c5ccccc5)CC[C@]4(C)[C@H]3CC[C@]12C. The van der Waals surface area contributed by atoms with Crippen molar-refractivity contribution in [1.82, 2.24) is 0 Å². The Balaban J connectivity index is 1.29. The third-order valence-corrected chi connectivity index (χ3v) is 11.6. The molecule has 204 valence electrons. The number of aliphatic hydroxyl groups is 1. The van der Waals surface area contributed by atoms with Crippen LogP contribution in [0.3, 0.4) is 0 Å². The molecule has 9 atom stereocenters. The first-order valence-corrected chi connectivity index (χ1v) is 15.3. The van der Waals surface area contributed by atoms with Crippen molar-refractivity contribution >= 4 is 5.97 Å². The van der Waals surface area contributed by atoms with Gasteiger partial charge >= 0.3 is 5.97 Å². The van der Waals surface area contributed by atoms with E-state index in [2.05, 4.69) is 40.7 Å². The van der Waals surface area contributed by atoms with E-state index in [0.717, 1.165) is 37.0 Å². The average Bonchev–Trinajstić information content (AvgIpc) is 3.22. The Morgan fingerprint density at radius 1 is 1.00 bits per heavy atom. The fourth-order valence-electron chi connectivity index (χ4n) is 9.53. The third-order valence-electron chi connectivity index (χ3n) is 11.6. The highest BCUT2D eigenvalue weighted by Gasteiger charge is 2.61. The molecule has 1 N–H and O–H groups in total. The molecule has 3 fully saturated rings. The van der Waals surface area contributed by atoms with Gasteiger partial charge in [0.2, 0.25) is 0 Å². The van der Waals surface area contributed by atoms with E-state index in [1.165, 1.54) is 50.5 Å². The molecule has 0 aliphatic heterocycles. The number of benzene rings is 1. The highest BCUT2D eigenvalue weighted by Crippen LogP contribution is 2.67. The molecule has 4 aliphatic rings. The molecule has 3 nitrogen and oxygen atoms in total. The van der Waals surface area contributed by atoms with E-state index in [1.54, 1.807) is 0 Å². The van der Waals surface area contributed by atoms with Crippen LogP contribution in [0.1, 0.15) is 109 Å². The van der Waals surface area contributed by atoms with Crippen molar-refractivity contribution in [1.29, 1.82) is 0 Å². The Hall–Kier alpha value is -1.61. The van der Waals surface area contributed by atoms with Gasteiger partial charge in [0, 0.05) is 6.42 Å². The molecule has 3 saturated carbocycles. The number of rotatable bonds is 7. The molecule has 0 radical (unpaired) electrons. The number of esters is 1. The molecule has 37 heavy (non-hydrogen) atoms. The summed E-state index contributed by atoms with van der Waals surface area (Å²) in [6.45, 7) is 12.2. The second-order valence-electron chi connectivity index (χ2n) is 14.1. The molecular formula is C34H50O3. The Labute approximate surface area is 225 Å². The van der Waals surface area contributed by atoms with E-state index in [9.17, 15) is 9.90 Å². The Morgan fingerprint density at radius 3 is 2.49 bits per heavy atom. The van der Waals surface area contributed by atoms with Crippen LogP contribution in [0.25, 0.3) is 0 Å². The van der Waals surface area contributed by atoms with Crippen LogP contribution in [0.4, 0.5) is 0 Å². The molecule has 0 amide bonds. The van der Waals surface area contributed by atoms with E-state index in [0.29, 0.717) is 28.7 Å². The minimum Gasteiger partial charge on any atom is -0.458 e. The zero-order chi connectivity index (χ0) is 26.4. The quantitative estimate of drug-likeness (QED) is 0.299. The first kappa shape index (κ1) is 27.0. The molecule has 0 bridgehead atoms. The van der Waals surface area contributed by atoms with Gasteiger partial charge in [-0.3, -0.25) is 0 Å². The fourth-order valence-corrected chi connectivity index (χ4v) is 9.53. The van der Waals surface area contributed by atoms with Crippen molar-refractivity contribution in [3.8, 4) is 0 Å². The second-order valence-corrected chi connectivity index (χ2v) is 14.1. The van der Waals surface area contributed by atoms with Crippen molar-refractivity contribution in [2.75, 3.05) is 0 Å². The van der Waals surface area contributed by atoms with Crippen molar-refractivity contribution < 1.29 is 14.6 Å². The molecule has 0 unspecified atom stereocenters. The third kappa shape index (κ3) is 4.95. The molecule has 0 heterocycles. The van der Waals surface area contributed by atoms with Crippen molar-refractivity contribution in [2.45, 2.75) is 111 Å². The van der Waals surface area contributed by atoms with Crippen LogP contribution in [0, 0.1) is 46.3 Å².